The summed E-state index contributed by atoms with van der Waals surface area (Å²) in [5.74, 6) is 0.555. The monoisotopic (exact) mass is 151 g/mol. The van der Waals surface area contributed by atoms with E-state index in [0.717, 1.165) is 0 Å². The van der Waals surface area contributed by atoms with Gasteiger partial charge in [0.2, 0.25) is 0 Å². The van der Waals surface area contributed by atoms with Gasteiger partial charge in [-0.25, -0.2) is 0 Å². The van der Waals surface area contributed by atoms with Crippen LogP contribution in [0.25, 0.3) is 0 Å². The molecule has 0 fully saturated rings. The van der Waals surface area contributed by atoms with Crippen LogP contribution in [-0.4, -0.2) is 12.9 Å². The highest BCUT2D eigenvalue weighted by molar-refractivity contribution is 5.55. The van der Waals surface area contributed by atoms with Crippen LogP contribution in [0.5, 0.6) is 5.75 Å². The summed E-state index contributed by atoms with van der Waals surface area (Å²) < 4.78 is 4.99. The van der Waals surface area contributed by atoms with Crippen molar-refractivity contribution in [2.75, 3.05) is 12.3 Å². The molecule has 0 aliphatic carbocycles. The predicted molar refractivity (Wildman–Crippen MR) is 42.4 cm³/mol. The van der Waals surface area contributed by atoms with E-state index in [1.165, 1.54) is 0 Å². The molecule has 0 atom stereocenters. The summed E-state index contributed by atoms with van der Waals surface area (Å²) in [6, 6.07) is 7.05. The number of benzene rings is 1. The third kappa shape index (κ3) is 1.97. The molecule has 0 bridgehead atoms. The molecule has 1 aromatic carbocycles. The van der Waals surface area contributed by atoms with Gasteiger partial charge in [-0.1, -0.05) is 12.1 Å². The molecule has 2 N–H and O–H groups in total. The maximum absolute atomic E-state index is 9.92. The van der Waals surface area contributed by atoms with Crippen LogP contribution < -0.4 is 10.5 Å². The molecule has 58 valence electrons. The maximum atomic E-state index is 9.92. The van der Waals surface area contributed by atoms with Crippen molar-refractivity contribution in [2.24, 2.45) is 0 Å². The Hall–Kier alpha value is -1.51. The lowest BCUT2D eigenvalue weighted by molar-refractivity contribution is -0.109. The summed E-state index contributed by atoms with van der Waals surface area (Å²) in [5.41, 5.74) is 6.07. The van der Waals surface area contributed by atoms with Gasteiger partial charge in [0.15, 0.2) is 6.29 Å². The smallest absolute Gasteiger partial charge is 0.157 e. The van der Waals surface area contributed by atoms with Gasteiger partial charge in [0, 0.05) is 0 Å². The van der Waals surface area contributed by atoms with Crippen molar-refractivity contribution in [1.82, 2.24) is 0 Å². The van der Waals surface area contributed by atoms with Crippen LogP contribution in [0.3, 0.4) is 0 Å². The second kappa shape index (κ2) is 3.61. The van der Waals surface area contributed by atoms with Gasteiger partial charge in [0.1, 0.15) is 12.4 Å². The van der Waals surface area contributed by atoms with E-state index in [9.17, 15) is 4.79 Å². The standard InChI is InChI=1S/C8H9NO2/c9-7-3-1-2-4-8(7)11-6-5-10/h1-5H,6,9H2. The van der Waals surface area contributed by atoms with Crippen LogP contribution in [0.1, 0.15) is 0 Å². The first-order chi connectivity index (χ1) is 5.34. The van der Waals surface area contributed by atoms with Crippen LogP contribution in [-0.2, 0) is 4.79 Å². The topological polar surface area (TPSA) is 52.3 Å². The van der Waals surface area contributed by atoms with Crippen molar-refractivity contribution in [3.63, 3.8) is 0 Å². The molecule has 11 heavy (non-hydrogen) atoms. The minimum atomic E-state index is 0.0498. The second-order valence-electron chi connectivity index (χ2n) is 2.02. The van der Waals surface area contributed by atoms with Gasteiger partial charge in [0.05, 0.1) is 5.69 Å². The molecule has 3 heteroatoms. The third-order valence-corrected chi connectivity index (χ3v) is 1.23. The van der Waals surface area contributed by atoms with E-state index in [1.54, 1.807) is 18.2 Å². The molecule has 0 saturated carbocycles. The Bertz CT molecular complexity index is 248. The highest BCUT2D eigenvalue weighted by Crippen LogP contribution is 2.18. The van der Waals surface area contributed by atoms with Crippen molar-refractivity contribution in [1.29, 1.82) is 0 Å². The van der Waals surface area contributed by atoms with Crippen molar-refractivity contribution >= 4 is 12.0 Å². The van der Waals surface area contributed by atoms with Crippen molar-refractivity contribution in [3.8, 4) is 5.75 Å². The molecule has 0 aromatic heterocycles. The summed E-state index contributed by atoms with van der Waals surface area (Å²) in [4.78, 5) is 9.92. The first kappa shape index (κ1) is 7.60. The van der Waals surface area contributed by atoms with Gasteiger partial charge < -0.3 is 10.5 Å². The van der Waals surface area contributed by atoms with Crippen molar-refractivity contribution in [2.45, 2.75) is 0 Å². The van der Waals surface area contributed by atoms with Gasteiger partial charge in [-0.3, -0.25) is 4.79 Å². The molecular weight excluding hydrogens is 142 g/mol. The summed E-state index contributed by atoms with van der Waals surface area (Å²) in [5, 5.41) is 0. The molecule has 0 amide bonds. The fourth-order valence-corrected chi connectivity index (χ4v) is 0.736. The lowest BCUT2D eigenvalue weighted by Gasteiger charge is -2.03. The number of para-hydroxylation sites is 2. The molecule has 0 saturated heterocycles. The Balaban J connectivity index is 2.69. The fraction of sp³-hybridized carbons (Fsp3) is 0.125. The Morgan fingerprint density at radius 1 is 1.45 bits per heavy atom. The summed E-state index contributed by atoms with van der Waals surface area (Å²) in [6.07, 6.45) is 0.687. The Kier molecular flexibility index (Phi) is 2.49. The zero-order valence-corrected chi connectivity index (χ0v) is 5.99. The third-order valence-electron chi connectivity index (χ3n) is 1.23. The first-order valence-corrected chi connectivity index (χ1v) is 3.25. The number of anilines is 1. The average molecular weight is 151 g/mol. The van der Waals surface area contributed by atoms with Gasteiger partial charge in [-0.05, 0) is 12.1 Å². The van der Waals surface area contributed by atoms with Gasteiger partial charge in [-0.15, -0.1) is 0 Å². The minimum Gasteiger partial charge on any atom is -0.484 e. The van der Waals surface area contributed by atoms with E-state index in [4.69, 9.17) is 10.5 Å². The van der Waals surface area contributed by atoms with E-state index in [-0.39, 0.29) is 6.61 Å². The number of aldehydes is 1. The number of nitrogens with two attached hydrogens (primary N) is 1. The highest BCUT2D eigenvalue weighted by Gasteiger charge is 1.95. The Morgan fingerprint density at radius 2 is 2.18 bits per heavy atom. The lowest BCUT2D eigenvalue weighted by atomic mass is 10.3. The van der Waals surface area contributed by atoms with Gasteiger partial charge in [-0.2, -0.15) is 0 Å². The summed E-state index contributed by atoms with van der Waals surface area (Å²) >= 11 is 0. The number of nitrogen functional groups attached to an aromatic ring is 1. The summed E-state index contributed by atoms with van der Waals surface area (Å²) in [7, 11) is 0. The van der Waals surface area contributed by atoms with E-state index in [0.29, 0.717) is 17.7 Å². The largest absolute Gasteiger partial charge is 0.484 e. The van der Waals surface area contributed by atoms with Gasteiger partial charge in [0.25, 0.3) is 0 Å². The van der Waals surface area contributed by atoms with Crippen LogP contribution in [0.15, 0.2) is 24.3 Å². The Labute approximate surface area is 64.8 Å². The zero-order valence-electron chi connectivity index (χ0n) is 5.99. The molecule has 0 spiro atoms. The van der Waals surface area contributed by atoms with Crippen LogP contribution in [0, 0.1) is 0 Å². The molecule has 0 unspecified atom stereocenters. The molecule has 3 nitrogen and oxygen atoms in total. The quantitative estimate of drug-likeness (QED) is 0.514. The van der Waals surface area contributed by atoms with Crippen molar-refractivity contribution in [3.05, 3.63) is 24.3 Å². The number of hydrogen-bond acceptors (Lipinski definition) is 3. The maximum Gasteiger partial charge on any atom is 0.157 e. The minimum absolute atomic E-state index is 0.0498. The lowest BCUT2D eigenvalue weighted by Crippen LogP contribution is -2.00. The summed E-state index contributed by atoms with van der Waals surface area (Å²) in [6.45, 7) is 0.0498. The Morgan fingerprint density at radius 3 is 2.82 bits per heavy atom. The number of carbonyl (C=O) groups excluding carboxylic acids is 1. The molecule has 0 aliphatic heterocycles. The number of rotatable bonds is 3. The van der Waals surface area contributed by atoms with E-state index >= 15 is 0 Å². The molecule has 0 radical (unpaired) electrons. The molecule has 0 heterocycles. The molecule has 1 rings (SSSR count). The van der Waals surface area contributed by atoms with E-state index in [2.05, 4.69) is 0 Å². The second-order valence-corrected chi connectivity index (χ2v) is 2.02. The van der Waals surface area contributed by atoms with E-state index in [1.807, 2.05) is 6.07 Å². The number of ether oxygens (including phenoxy) is 1. The van der Waals surface area contributed by atoms with Crippen LogP contribution in [0.2, 0.25) is 0 Å². The first-order valence-electron chi connectivity index (χ1n) is 3.25. The highest BCUT2D eigenvalue weighted by atomic mass is 16.5. The SMILES string of the molecule is Nc1ccccc1OCC=O. The van der Waals surface area contributed by atoms with Crippen LogP contribution >= 0.6 is 0 Å². The number of hydrogen-bond donors (Lipinski definition) is 1. The van der Waals surface area contributed by atoms with Crippen molar-refractivity contribution < 1.29 is 9.53 Å². The molecule has 1 aromatic rings. The van der Waals surface area contributed by atoms with E-state index < -0.39 is 0 Å². The average Bonchev–Trinajstić information content (AvgIpc) is 2.03. The normalized spacial score (nSPS) is 9.09. The molecule has 0 aliphatic rings. The number of carbonyl (C=O) groups is 1. The predicted octanol–water partition coefficient (Wildman–Crippen LogP) is 0.847. The fourth-order valence-electron chi connectivity index (χ4n) is 0.736. The zero-order chi connectivity index (χ0) is 8.10. The van der Waals surface area contributed by atoms with Crippen LogP contribution in [0.4, 0.5) is 5.69 Å². The molecular formula is C8H9NO2. The van der Waals surface area contributed by atoms with Gasteiger partial charge >= 0.3 is 0 Å².